The van der Waals surface area contributed by atoms with Crippen LogP contribution < -0.4 is 16.4 Å². The zero-order chi connectivity index (χ0) is 25.4. The van der Waals surface area contributed by atoms with E-state index in [1.165, 1.54) is 18.3 Å². The highest BCUT2D eigenvalue weighted by Gasteiger charge is 2.23. The SMILES string of the molecule is CCOC(=O)c1c(CC)nc(NCCNc2ncccc2[N+](=O)[O-])nc1-c1ccc(C(N)=O)cc1. The van der Waals surface area contributed by atoms with E-state index >= 15 is 0 Å². The van der Waals surface area contributed by atoms with Crippen LogP contribution in [0.25, 0.3) is 11.3 Å². The lowest BCUT2D eigenvalue weighted by molar-refractivity contribution is -0.384. The summed E-state index contributed by atoms with van der Waals surface area (Å²) in [4.78, 5) is 47.8. The van der Waals surface area contributed by atoms with E-state index < -0.39 is 16.8 Å². The van der Waals surface area contributed by atoms with E-state index in [2.05, 4.69) is 25.6 Å². The van der Waals surface area contributed by atoms with E-state index in [9.17, 15) is 19.7 Å². The van der Waals surface area contributed by atoms with Crippen molar-refractivity contribution < 1.29 is 19.2 Å². The van der Waals surface area contributed by atoms with E-state index in [4.69, 9.17) is 10.5 Å². The molecule has 0 atom stereocenters. The number of nitrogens with two attached hydrogens (primary N) is 1. The number of nitrogens with one attached hydrogen (secondary N) is 2. The van der Waals surface area contributed by atoms with Crippen molar-refractivity contribution >= 4 is 29.3 Å². The zero-order valence-electron chi connectivity index (χ0n) is 19.3. The molecule has 0 saturated heterocycles. The molecule has 0 saturated carbocycles. The Morgan fingerprint density at radius 1 is 1.09 bits per heavy atom. The molecule has 182 valence electrons. The number of ether oxygens (including phenoxy) is 1. The summed E-state index contributed by atoms with van der Waals surface area (Å²) in [6, 6.07) is 9.26. The Bertz CT molecular complexity index is 1230. The summed E-state index contributed by atoms with van der Waals surface area (Å²) in [5.74, 6) is -0.695. The molecule has 0 aliphatic heterocycles. The van der Waals surface area contributed by atoms with Crippen LogP contribution in [0.4, 0.5) is 17.5 Å². The zero-order valence-corrected chi connectivity index (χ0v) is 19.3. The number of amides is 1. The van der Waals surface area contributed by atoms with Crippen LogP contribution >= 0.6 is 0 Å². The summed E-state index contributed by atoms with van der Waals surface area (Å²) < 4.78 is 5.23. The minimum absolute atomic E-state index is 0.127. The van der Waals surface area contributed by atoms with Crippen molar-refractivity contribution in [2.75, 3.05) is 30.3 Å². The molecule has 1 amide bonds. The molecule has 0 unspecified atom stereocenters. The van der Waals surface area contributed by atoms with Gasteiger partial charge in [-0.15, -0.1) is 0 Å². The second-order valence-corrected chi connectivity index (χ2v) is 7.21. The van der Waals surface area contributed by atoms with Crippen molar-refractivity contribution in [3.05, 3.63) is 69.5 Å². The van der Waals surface area contributed by atoms with Crippen molar-refractivity contribution in [3.63, 3.8) is 0 Å². The first-order valence-electron chi connectivity index (χ1n) is 10.9. The van der Waals surface area contributed by atoms with Gasteiger partial charge in [-0.1, -0.05) is 19.1 Å². The highest BCUT2D eigenvalue weighted by Crippen LogP contribution is 2.27. The number of nitro groups is 1. The van der Waals surface area contributed by atoms with E-state index in [-0.39, 0.29) is 29.6 Å². The fourth-order valence-corrected chi connectivity index (χ4v) is 3.30. The van der Waals surface area contributed by atoms with Gasteiger partial charge in [0.25, 0.3) is 0 Å². The molecule has 3 rings (SSSR count). The second-order valence-electron chi connectivity index (χ2n) is 7.21. The van der Waals surface area contributed by atoms with Crippen molar-refractivity contribution in [1.29, 1.82) is 0 Å². The van der Waals surface area contributed by atoms with E-state index in [0.29, 0.717) is 42.0 Å². The molecule has 12 nitrogen and oxygen atoms in total. The smallest absolute Gasteiger partial charge is 0.342 e. The van der Waals surface area contributed by atoms with Gasteiger partial charge in [-0.25, -0.2) is 19.7 Å². The molecular formula is C23H25N7O5. The van der Waals surface area contributed by atoms with Gasteiger partial charge >= 0.3 is 11.7 Å². The fraction of sp³-hybridized carbons (Fsp3) is 0.261. The minimum Gasteiger partial charge on any atom is -0.462 e. The summed E-state index contributed by atoms with van der Waals surface area (Å²) in [6.07, 6.45) is 1.90. The number of benzene rings is 1. The van der Waals surface area contributed by atoms with Crippen molar-refractivity contribution in [2.24, 2.45) is 5.73 Å². The van der Waals surface area contributed by atoms with Crippen LogP contribution in [0.2, 0.25) is 0 Å². The Morgan fingerprint density at radius 3 is 2.43 bits per heavy atom. The average molecular weight is 479 g/mol. The highest BCUT2D eigenvalue weighted by atomic mass is 16.6. The largest absolute Gasteiger partial charge is 0.462 e. The first-order chi connectivity index (χ1) is 16.8. The first kappa shape index (κ1) is 25.0. The Morgan fingerprint density at radius 2 is 1.80 bits per heavy atom. The molecule has 4 N–H and O–H groups in total. The third kappa shape index (κ3) is 6.05. The molecule has 35 heavy (non-hydrogen) atoms. The van der Waals surface area contributed by atoms with Gasteiger partial charge in [0.05, 0.1) is 22.9 Å². The van der Waals surface area contributed by atoms with Crippen LogP contribution in [0.3, 0.4) is 0 Å². The number of primary amides is 1. The van der Waals surface area contributed by atoms with E-state index in [1.54, 1.807) is 31.2 Å². The number of carbonyl (C=O) groups excluding carboxylic acids is 2. The molecule has 3 aromatic rings. The summed E-state index contributed by atoms with van der Waals surface area (Å²) in [5, 5.41) is 17.1. The van der Waals surface area contributed by atoms with Gasteiger partial charge < -0.3 is 21.1 Å². The number of pyridine rings is 1. The Hall–Kier alpha value is -4.61. The lowest BCUT2D eigenvalue weighted by Crippen LogP contribution is -2.19. The van der Waals surface area contributed by atoms with Gasteiger partial charge in [0, 0.05) is 36.5 Å². The van der Waals surface area contributed by atoms with Gasteiger partial charge in [0.2, 0.25) is 17.7 Å². The van der Waals surface area contributed by atoms with Crippen LogP contribution in [0.15, 0.2) is 42.6 Å². The number of esters is 1. The van der Waals surface area contributed by atoms with Gasteiger partial charge in [-0.05, 0) is 31.5 Å². The van der Waals surface area contributed by atoms with E-state index in [1.807, 2.05) is 6.92 Å². The Kier molecular flexibility index (Phi) is 8.22. The van der Waals surface area contributed by atoms with Crippen LogP contribution in [0, 0.1) is 10.1 Å². The quantitative estimate of drug-likeness (QED) is 0.160. The number of nitrogens with zero attached hydrogens (tertiary/aromatic N) is 4. The summed E-state index contributed by atoms with van der Waals surface area (Å²) in [5.41, 5.74) is 7.19. The number of aromatic nitrogens is 3. The summed E-state index contributed by atoms with van der Waals surface area (Å²) in [7, 11) is 0. The van der Waals surface area contributed by atoms with Gasteiger partial charge in [0.15, 0.2) is 0 Å². The normalized spacial score (nSPS) is 10.5. The fourth-order valence-electron chi connectivity index (χ4n) is 3.30. The van der Waals surface area contributed by atoms with Gasteiger partial charge in [-0.2, -0.15) is 0 Å². The number of anilines is 2. The van der Waals surface area contributed by atoms with Crippen molar-refractivity contribution in [1.82, 2.24) is 15.0 Å². The molecule has 0 spiro atoms. The van der Waals surface area contributed by atoms with Crippen molar-refractivity contribution in [3.8, 4) is 11.3 Å². The first-order valence-corrected chi connectivity index (χ1v) is 10.9. The Balaban J connectivity index is 1.87. The van der Waals surface area contributed by atoms with Crippen LogP contribution in [-0.4, -0.2) is 51.4 Å². The standard InChI is InChI=1S/C23H25N7O5/c1-3-16-18(22(32)35-4-2)19(14-7-9-15(10-8-14)20(24)31)29-23(28-16)27-13-12-26-21-17(30(33)34)6-5-11-25-21/h5-11H,3-4,12-13H2,1-2H3,(H2,24,31)(H,25,26)(H,27,28,29). The predicted molar refractivity (Wildman–Crippen MR) is 129 cm³/mol. The molecule has 0 aliphatic rings. The van der Waals surface area contributed by atoms with Crippen LogP contribution in [-0.2, 0) is 11.2 Å². The lowest BCUT2D eigenvalue weighted by atomic mass is 10.0. The minimum atomic E-state index is -0.568. The number of aryl methyl sites for hydroxylation is 1. The molecule has 0 bridgehead atoms. The van der Waals surface area contributed by atoms with Crippen LogP contribution in [0.1, 0.15) is 40.3 Å². The average Bonchev–Trinajstić information content (AvgIpc) is 2.86. The molecule has 2 heterocycles. The molecule has 0 aliphatic carbocycles. The number of rotatable bonds is 11. The maximum atomic E-state index is 12.7. The summed E-state index contributed by atoms with van der Waals surface area (Å²) in [6.45, 7) is 4.37. The topological polar surface area (TPSA) is 175 Å². The molecule has 2 aromatic heterocycles. The Labute approximate surface area is 201 Å². The molecule has 12 heteroatoms. The summed E-state index contributed by atoms with van der Waals surface area (Å²) >= 11 is 0. The number of hydrogen-bond acceptors (Lipinski definition) is 10. The monoisotopic (exact) mass is 479 g/mol. The predicted octanol–water partition coefficient (Wildman–Crippen LogP) is 2.81. The maximum Gasteiger partial charge on any atom is 0.342 e. The lowest BCUT2D eigenvalue weighted by Gasteiger charge is -2.15. The third-order valence-electron chi connectivity index (χ3n) is 4.92. The second kappa shape index (κ2) is 11.5. The van der Waals surface area contributed by atoms with Crippen molar-refractivity contribution in [2.45, 2.75) is 20.3 Å². The van der Waals surface area contributed by atoms with Crippen LogP contribution in [0.5, 0.6) is 0 Å². The maximum absolute atomic E-state index is 12.7. The van der Waals surface area contributed by atoms with Gasteiger partial charge in [0.1, 0.15) is 5.56 Å². The number of hydrogen-bond donors (Lipinski definition) is 3. The highest BCUT2D eigenvalue weighted by molar-refractivity contribution is 5.98. The molecule has 1 aromatic carbocycles. The third-order valence-corrected chi connectivity index (χ3v) is 4.92. The van der Waals surface area contributed by atoms with E-state index in [0.717, 1.165) is 0 Å². The molecule has 0 fully saturated rings. The molecule has 0 radical (unpaired) electrons. The molecular weight excluding hydrogens is 454 g/mol. The number of carbonyl (C=O) groups is 2. The van der Waals surface area contributed by atoms with Gasteiger partial charge in [-0.3, -0.25) is 14.9 Å².